The number of pyridine rings is 1. The SMILES string of the molecule is COC1COCC1Nc1nccc(-c2cccc(C3=N/O[B]OC4(\C=C\3)CCN(C)C4=O)n2)n1.[B]. The van der Waals surface area contributed by atoms with Crippen LogP contribution in [0.5, 0.6) is 0 Å². The zero-order valence-corrected chi connectivity index (χ0v) is 19.5. The monoisotopic (exact) mass is 474 g/mol. The molecule has 35 heavy (non-hydrogen) atoms. The van der Waals surface area contributed by atoms with E-state index in [1.54, 1.807) is 43.5 Å². The minimum atomic E-state index is -1.09. The molecule has 2 saturated heterocycles. The summed E-state index contributed by atoms with van der Waals surface area (Å²) < 4.78 is 21.7. The van der Waals surface area contributed by atoms with Crippen LogP contribution < -0.4 is 5.32 Å². The second-order valence-corrected chi connectivity index (χ2v) is 8.23. The Balaban J connectivity index is 0.00000289. The Bertz CT molecular complexity index is 1140. The lowest BCUT2D eigenvalue weighted by Crippen LogP contribution is -2.41. The highest BCUT2D eigenvalue weighted by Gasteiger charge is 2.45. The van der Waals surface area contributed by atoms with Crippen LogP contribution in [-0.2, 0) is 23.7 Å². The summed E-state index contributed by atoms with van der Waals surface area (Å²) in [5.74, 6) is 0.335. The summed E-state index contributed by atoms with van der Waals surface area (Å²) in [5.41, 5.74) is 1.21. The molecule has 1 amide bonds. The van der Waals surface area contributed by atoms with Gasteiger partial charge in [-0.1, -0.05) is 6.07 Å². The van der Waals surface area contributed by atoms with Gasteiger partial charge in [0.05, 0.1) is 36.3 Å². The number of amides is 1. The Morgan fingerprint density at radius 3 is 2.83 bits per heavy atom. The second-order valence-electron chi connectivity index (χ2n) is 8.23. The second kappa shape index (κ2) is 10.5. The Kier molecular flexibility index (Phi) is 7.48. The number of likely N-dealkylation sites (tertiary alicyclic amines) is 1. The topological polar surface area (TPSA) is 120 Å². The molecule has 5 rings (SSSR count). The molecule has 0 aromatic carbocycles. The van der Waals surface area contributed by atoms with Crippen molar-refractivity contribution in [1.82, 2.24) is 19.9 Å². The van der Waals surface area contributed by atoms with Gasteiger partial charge in [-0.05, 0) is 30.4 Å². The van der Waals surface area contributed by atoms with Gasteiger partial charge in [-0.25, -0.2) is 15.0 Å². The Morgan fingerprint density at radius 2 is 2.03 bits per heavy atom. The summed E-state index contributed by atoms with van der Waals surface area (Å²) >= 11 is 0. The van der Waals surface area contributed by atoms with Crippen LogP contribution in [-0.4, -0.2) is 99.2 Å². The van der Waals surface area contributed by atoms with E-state index in [0.29, 0.717) is 54.9 Å². The van der Waals surface area contributed by atoms with E-state index in [-0.39, 0.29) is 26.5 Å². The van der Waals surface area contributed by atoms with Gasteiger partial charge in [0.15, 0.2) is 5.60 Å². The number of likely N-dealkylation sites (N-methyl/N-ethyl adjacent to an activating group) is 1. The van der Waals surface area contributed by atoms with Gasteiger partial charge in [0.2, 0.25) is 5.95 Å². The van der Waals surface area contributed by atoms with Gasteiger partial charge in [-0.15, -0.1) is 5.16 Å². The number of aromatic nitrogens is 3. The normalized spacial score (nSPS) is 28.2. The summed E-state index contributed by atoms with van der Waals surface area (Å²) in [6, 6.07) is 7.28. The number of nitrogens with zero attached hydrogens (tertiary/aromatic N) is 5. The molecule has 178 valence electrons. The zero-order valence-electron chi connectivity index (χ0n) is 19.5. The third-order valence-corrected chi connectivity index (χ3v) is 6.07. The number of hydrogen-bond donors (Lipinski definition) is 1. The molecule has 11 nitrogen and oxygen atoms in total. The van der Waals surface area contributed by atoms with Crippen LogP contribution in [0.3, 0.4) is 0 Å². The third kappa shape index (κ3) is 5.07. The fourth-order valence-electron chi connectivity index (χ4n) is 4.09. The molecule has 2 aromatic heterocycles. The quantitative estimate of drug-likeness (QED) is 0.616. The first-order valence-electron chi connectivity index (χ1n) is 10.9. The van der Waals surface area contributed by atoms with Crippen molar-refractivity contribution in [3.05, 3.63) is 48.3 Å². The van der Waals surface area contributed by atoms with Gasteiger partial charge in [-0.3, -0.25) is 4.79 Å². The molecule has 2 aromatic rings. The molecular formula is C22H24B2N6O5. The number of anilines is 1. The number of oxime groups is 1. The molecule has 3 aliphatic heterocycles. The number of methoxy groups -OCH3 is 1. The Labute approximate surface area is 205 Å². The van der Waals surface area contributed by atoms with E-state index in [1.165, 1.54) is 0 Å². The number of ether oxygens (including phenoxy) is 2. The largest absolute Gasteiger partial charge is 0.597 e. The van der Waals surface area contributed by atoms with E-state index in [1.807, 2.05) is 18.2 Å². The maximum absolute atomic E-state index is 12.6. The van der Waals surface area contributed by atoms with Gasteiger partial charge >= 0.3 is 7.69 Å². The van der Waals surface area contributed by atoms with Gasteiger partial charge < -0.3 is 29.1 Å². The number of carbonyl (C=O) groups excluding carboxylic acids is 1. The standard InChI is InChI=1S/C22H24BN6O5.B/c1-29-11-9-22(20(29)30)8-6-17(28-34-23-33-22)15-5-3-4-14(25-15)16-7-10-24-21(26-16)27-18-12-32-13-19(18)31-2;/h3-8,10,18-19H,9,11-13H2,1-2H3,(H,24,26,27);/b8-6+,28-17+;. The van der Waals surface area contributed by atoms with E-state index in [4.69, 9.17) is 23.9 Å². The van der Waals surface area contributed by atoms with Crippen molar-refractivity contribution < 1.29 is 23.7 Å². The predicted molar refractivity (Wildman–Crippen MR) is 129 cm³/mol. The maximum atomic E-state index is 12.6. The van der Waals surface area contributed by atoms with Crippen LogP contribution in [0.25, 0.3) is 11.4 Å². The van der Waals surface area contributed by atoms with Crippen LogP contribution in [0.15, 0.2) is 47.8 Å². The Hall–Kier alpha value is -3.28. The lowest BCUT2D eigenvalue weighted by atomic mass is 9.98. The highest BCUT2D eigenvalue weighted by Crippen LogP contribution is 2.28. The molecular weight excluding hydrogens is 450 g/mol. The van der Waals surface area contributed by atoms with Crippen molar-refractivity contribution in [2.45, 2.75) is 24.2 Å². The molecule has 5 heterocycles. The van der Waals surface area contributed by atoms with Gasteiger partial charge in [0.1, 0.15) is 11.8 Å². The number of rotatable bonds is 5. The zero-order chi connectivity index (χ0) is 23.5. The van der Waals surface area contributed by atoms with Crippen molar-refractivity contribution in [3.63, 3.8) is 0 Å². The maximum Gasteiger partial charge on any atom is 0.597 e. The summed E-state index contributed by atoms with van der Waals surface area (Å²) in [7, 11) is 4.49. The molecule has 3 atom stereocenters. The van der Waals surface area contributed by atoms with Gasteiger partial charge in [-0.2, -0.15) is 0 Å². The van der Waals surface area contributed by atoms with E-state index >= 15 is 0 Å². The van der Waals surface area contributed by atoms with E-state index < -0.39 is 5.60 Å². The number of nitrogens with one attached hydrogen (secondary N) is 1. The third-order valence-electron chi connectivity index (χ3n) is 6.07. The minimum absolute atomic E-state index is 0. The molecule has 4 radical (unpaired) electrons. The average molecular weight is 474 g/mol. The molecule has 2 fully saturated rings. The van der Waals surface area contributed by atoms with Crippen molar-refractivity contribution in [1.29, 1.82) is 0 Å². The number of allylic oxidation sites excluding steroid dienone is 1. The first-order chi connectivity index (χ1) is 16.6. The van der Waals surface area contributed by atoms with E-state index in [9.17, 15) is 4.79 Å². The van der Waals surface area contributed by atoms with Crippen molar-refractivity contribution in [2.75, 3.05) is 39.2 Å². The summed E-state index contributed by atoms with van der Waals surface area (Å²) in [6.07, 6.45) is 5.55. The van der Waals surface area contributed by atoms with E-state index in [2.05, 4.69) is 20.4 Å². The fraction of sp³-hybridized carbons (Fsp3) is 0.409. The first kappa shape index (κ1) is 24.8. The van der Waals surface area contributed by atoms with Gasteiger partial charge in [0.25, 0.3) is 5.91 Å². The molecule has 3 unspecified atom stereocenters. The van der Waals surface area contributed by atoms with Crippen LogP contribution in [0, 0.1) is 0 Å². The fourth-order valence-corrected chi connectivity index (χ4v) is 4.09. The highest BCUT2D eigenvalue weighted by atomic mass is 16.7. The van der Waals surface area contributed by atoms with Crippen molar-refractivity contribution in [3.8, 4) is 11.4 Å². The predicted octanol–water partition coefficient (Wildman–Crippen LogP) is 0.426. The summed E-state index contributed by atoms with van der Waals surface area (Å²) in [5, 5.41) is 7.35. The van der Waals surface area contributed by atoms with Crippen LogP contribution in [0.1, 0.15) is 12.1 Å². The number of carbonyl (C=O) groups is 1. The molecule has 3 aliphatic rings. The van der Waals surface area contributed by atoms with Crippen LogP contribution in [0.4, 0.5) is 5.95 Å². The summed E-state index contributed by atoms with van der Waals surface area (Å²) in [6.45, 7) is 1.65. The van der Waals surface area contributed by atoms with E-state index in [0.717, 1.165) is 7.69 Å². The van der Waals surface area contributed by atoms with Crippen molar-refractivity contribution >= 4 is 33.7 Å². The van der Waals surface area contributed by atoms with Crippen molar-refractivity contribution in [2.24, 2.45) is 5.16 Å². The molecule has 0 aliphatic carbocycles. The number of hydrogen-bond acceptors (Lipinski definition) is 10. The lowest BCUT2D eigenvalue weighted by Gasteiger charge is -2.24. The van der Waals surface area contributed by atoms with Gasteiger partial charge in [0, 0.05) is 41.7 Å². The Morgan fingerprint density at radius 1 is 1.20 bits per heavy atom. The molecule has 0 saturated carbocycles. The van der Waals surface area contributed by atoms with Crippen LogP contribution in [0.2, 0.25) is 0 Å². The molecule has 1 N–H and O–H groups in total. The minimum Gasteiger partial charge on any atom is -0.431 e. The highest BCUT2D eigenvalue weighted by molar-refractivity contribution is 6.20. The summed E-state index contributed by atoms with van der Waals surface area (Å²) in [4.78, 5) is 27.9. The first-order valence-corrected chi connectivity index (χ1v) is 10.9. The molecule has 0 bridgehead atoms. The molecule has 13 heteroatoms. The van der Waals surface area contributed by atoms with Crippen LogP contribution >= 0.6 is 0 Å². The lowest BCUT2D eigenvalue weighted by molar-refractivity contribution is -0.137. The molecule has 1 spiro atoms. The smallest absolute Gasteiger partial charge is 0.431 e. The average Bonchev–Trinajstić information content (AvgIpc) is 3.41.